The molecule has 0 aromatic heterocycles. The van der Waals surface area contributed by atoms with Crippen LogP contribution in [0.15, 0.2) is 24.3 Å². The summed E-state index contributed by atoms with van der Waals surface area (Å²) in [4.78, 5) is 40.7. The number of carbonyl (C=O) groups excluding carboxylic acids is 3. The van der Waals surface area contributed by atoms with Crippen LogP contribution in [-0.4, -0.2) is 69.1 Å². The lowest BCUT2D eigenvalue weighted by Crippen LogP contribution is -2.51. The Bertz CT molecular complexity index is 672. The maximum absolute atomic E-state index is 13.0. The van der Waals surface area contributed by atoms with Crippen molar-refractivity contribution in [1.29, 1.82) is 0 Å². The van der Waals surface area contributed by atoms with E-state index >= 15 is 0 Å². The SMILES string of the molecule is CC(C)C[C@@H](C(=O)N1CC(O)C(O)C1)N1C(=O)c2ccccc2C1=O. The fourth-order valence-corrected chi connectivity index (χ4v) is 3.41. The molecule has 1 aromatic rings. The van der Waals surface area contributed by atoms with Crippen molar-refractivity contribution in [3.8, 4) is 0 Å². The molecule has 1 fully saturated rings. The average molecular weight is 346 g/mol. The summed E-state index contributed by atoms with van der Waals surface area (Å²) in [6.45, 7) is 3.81. The van der Waals surface area contributed by atoms with Gasteiger partial charge in [-0.3, -0.25) is 19.3 Å². The van der Waals surface area contributed by atoms with Crippen molar-refractivity contribution >= 4 is 17.7 Å². The van der Waals surface area contributed by atoms with Crippen LogP contribution in [0.2, 0.25) is 0 Å². The molecule has 0 aliphatic carbocycles. The van der Waals surface area contributed by atoms with E-state index in [4.69, 9.17) is 0 Å². The number of fused-ring (bicyclic) bond motifs is 1. The summed E-state index contributed by atoms with van der Waals surface area (Å²) in [6.07, 6.45) is -1.69. The molecular formula is C18H22N2O5. The van der Waals surface area contributed by atoms with Crippen molar-refractivity contribution in [1.82, 2.24) is 9.80 Å². The number of carbonyl (C=O) groups is 3. The molecule has 2 aliphatic rings. The molecule has 2 aliphatic heterocycles. The Morgan fingerprint density at radius 2 is 1.56 bits per heavy atom. The first-order chi connectivity index (χ1) is 11.8. The van der Waals surface area contributed by atoms with Crippen molar-refractivity contribution < 1.29 is 24.6 Å². The van der Waals surface area contributed by atoms with E-state index in [0.717, 1.165) is 4.90 Å². The van der Waals surface area contributed by atoms with Gasteiger partial charge in [-0.1, -0.05) is 26.0 Å². The number of amides is 3. The molecule has 3 rings (SSSR count). The highest BCUT2D eigenvalue weighted by atomic mass is 16.3. The number of imide groups is 1. The van der Waals surface area contributed by atoms with Crippen molar-refractivity contribution in [3.63, 3.8) is 0 Å². The monoisotopic (exact) mass is 346 g/mol. The van der Waals surface area contributed by atoms with Gasteiger partial charge in [0.1, 0.15) is 6.04 Å². The lowest BCUT2D eigenvalue weighted by molar-refractivity contribution is -0.135. The Kier molecular flexibility index (Phi) is 4.62. The molecule has 1 saturated heterocycles. The van der Waals surface area contributed by atoms with Crippen LogP contribution >= 0.6 is 0 Å². The van der Waals surface area contributed by atoms with E-state index in [0.29, 0.717) is 17.5 Å². The minimum atomic E-state index is -1.01. The Labute approximate surface area is 145 Å². The third kappa shape index (κ3) is 3.05. The van der Waals surface area contributed by atoms with E-state index in [-0.39, 0.29) is 19.0 Å². The number of β-amino-alcohol motifs (C(OH)–C–C–N with tert-alkyl or cyclic N) is 2. The van der Waals surface area contributed by atoms with Gasteiger partial charge in [0.15, 0.2) is 0 Å². The Balaban J connectivity index is 1.91. The predicted octanol–water partition coefficient (Wildman–Crippen LogP) is 0.261. The first kappa shape index (κ1) is 17.6. The van der Waals surface area contributed by atoms with Crippen molar-refractivity contribution in [2.24, 2.45) is 5.92 Å². The van der Waals surface area contributed by atoms with Crippen LogP contribution < -0.4 is 0 Å². The van der Waals surface area contributed by atoms with Gasteiger partial charge in [-0.25, -0.2) is 0 Å². The second-order valence-electron chi connectivity index (χ2n) is 7.05. The number of aliphatic hydroxyl groups is 2. The number of aliphatic hydroxyl groups excluding tert-OH is 2. The minimum Gasteiger partial charge on any atom is -0.388 e. The number of hydrogen-bond donors (Lipinski definition) is 2. The molecule has 0 bridgehead atoms. The molecule has 3 atom stereocenters. The van der Waals surface area contributed by atoms with Gasteiger partial charge in [0, 0.05) is 13.1 Å². The molecule has 134 valence electrons. The van der Waals surface area contributed by atoms with Gasteiger partial charge in [-0.2, -0.15) is 0 Å². The van der Waals surface area contributed by atoms with E-state index in [1.807, 2.05) is 13.8 Å². The predicted molar refractivity (Wildman–Crippen MR) is 88.8 cm³/mol. The zero-order valence-electron chi connectivity index (χ0n) is 14.3. The summed E-state index contributed by atoms with van der Waals surface area (Å²) >= 11 is 0. The number of benzene rings is 1. The molecule has 2 heterocycles. The summed E-state index contributed by atoms with van der Waals surface area (Å²) in [7, 11) is 0. The van der Waals surface area contributed by atoms with Crippen LogP contribution in [0, 0.1) is 5.92 Å². The molecule has 25 heavy (non-hydrogen) atoms. The summed E-state index contributed by atoms with van der Waals surface area (Å²) in [5, 5.41) is 19.4. The minimum absolute atomic E-state index is 0.00222. The molecule has 2 unspecified atom stereocenters. The van der Waals surface area contributed by atoms with Gasteiger partial charge in [-0.05, 0) is 24.5 Å². The van der Waals surface area contributed by atoms with Crippen LogP contribution in [0.5, 0.6) is 0 Å². The lowest BCUT2D eigenvalue weighted by atomic mass is 10.0. The highest BCUT2D eigenvalue weighted by Crippen LogP contribution is 2.28. The van der Waals surface area contributed by atoms with E-state index in [9.17, 15) is 24.6 Å². The summed E-state index contributed by atoms with van der Waals surface area (Å²) in [5.41, 5.74) is 0.603. The van der Waals surface area contributed by atoms with Gasteiger partial charge in [-0.15, -0.1) is 0 Å². The van der Waals surface area contributed by atoms with Gasteiger partial charge in [0.2, 0.25) is 5.91 Å². The second-order valence-corrected chi connectivity index (χ2v) is 7.05. The van der Waals surface area contributed by atoms with Crippen LogP contribution in [0.1, 0.15) is 41.0 Å². The molecule has 7 nitrogen and oxygen atoms in total. The molecular weight excluding hydrogens is 324 g/mol. The number of rotatable bonds is 4. The van der Waals surface area contributed by atoms with Gasteiger partial charge >= 0.3 is 0 Å². The standard InChI is InChI=1S/C18H22N2O5/c1-10(2)7-13(18(25)19-8-14(21)15(22)9-19)20-16(23)11-5-3-4-6-12(11)17(20)24/h3-6,10,13-15,21-22H,7-9H2,1-2H3/t13-,14?,15?/m0/s1. The zero-order valence-corrected chi connectivity index (χ0v) is 14.3. The molecule has 7 heteroatoms. The first-order valence-electron chi connectivity index (χ1n) is 8.43. The average Bonchev–Trinajstić information content (AvgIpc) is 3.03. The number of hydrogen-bond acceptors (Lipinski definition) is 5. The van der Waals surface area contributed by atoms with Gasteiger partial charge in [0.05, 0.1) is 23.3 Å². The quantitative estimate of drug-likeness (QED) is 0.762. The highest BCUT2D eigenvalue weighted by molar-refractivity contribution is 6.22. The van der Waals surface area contributed by atoms with Crippen LogP contribution in [0.3, 0.4) is 0 Å². The van der Waals surface area contributed by atoms with E-state index < -0.39 is 36.0 Å². The van der Waals surface area contributed by atoms with Crippen molar-refractivity contribution in [2.45, 2.75) is 38.5 Å². The van der Waals surface area contributed by atoms with E-state index in [2.05, 4.69) is 0 Å². The molecule has 1 aromatic carbocycles. The van der Waals surface area contributed by atoms with E-state index in [1.165, 1.54) is 4.90 Å². The highest BCUT2D eigenvalue weighted by Gasteiger charge is 2.45. The van der Waals surface area contributed by atoms with Crippen LogP contribution in [0.25, 0.3) is 0 Å². The third-order valence-electron chi connectivity index (χ3n) is 4.69. The molecule has 3 amide bonds. The van der Waals surface area contributed by atoms with E-state index in [1.54, 1.807) is 24.3 Å². The Morgan fingerprint density at radius 1 is 1.08 bits per heavy atom. The van der Waals surface area contributed by atoms with Gasteiger partial charge in [0.25, 0.3) is 11.8 Å². The summed E-state index contributed by atoms with van der Waals surface area (Å²) in [6, 6.07) is 5.58. The summed E-state index contributed by atoms with van der Waals surface area (Å²) < 4.78 is 0. The normalized spacial score (nSPS) is 24.2. The molecule has 2 N–H and O–H groups in total. The summed E-state index contributed by atoms with van der Waals surface area (Å²) in [5.74, 6) is -1.28. The Hall–Kier alpha value is -2.25. The van der Waals surface area contributed by atoms with Crippen LogP contribution in [0.4, 0.5) is 0 Å². The first-order valence-corrected chi connectivity index (χ1v) is 8.43. The molecule has 0 radical (unpaired) electrons. The van der Waals surface area contributed by atoms with Crippen molar-refractivity contribution in [3.05, 3.63) is 35.4 Å². The largest absolute Gasteiger partial charge is 0.388 e. The smallest absolute Gasteiger partial charge is 0.262 e. The maximum atomic E-state index is 13.0. The fourth-order valence-electron chi connectivity index (χ4n) is 3.41. The van der Waals surface area contributed by atoms with Crippen molar-refractivity contribution in [2.75, 3.05) is 13.1 Å². The number of likely N-dealkylation sites (tertiary alicyclic amines) is 1. The molecule has 0 saturated carbocycles. The second kappa shape index (κ2) is 6.57. The maximum Gasteiger partial charge on any atom is 0.262 e. The van der Waals surface area contributed by atoms with Gasteiger partial charge < -0.3 is 15.1 Å². The molecule has 0 spiro atoms. The fraction of sp³-hybridized carbons (Fsp3) is 0.500. The number of nitrogens with zero attached hydrogens (tertiary/aromatic N) is 2. The topological polar surface area (TPSA) is 98.2 Å². The van der Waals surface area contributed by atoms with Crippen LogP contribution in [-0.2, 0) is 4.79 Å². The zero-order chi connectivity index (χ0) is 18.3. The third-order valence-corrected chi connectivity index (χ3v) is 4.69. The Morgan fingerprint density at radius 3 is 2.00 bits per heavy atom. The lowest BCUT2D eigenvalue weighted by Gasteiger charge is -2.30.